The molecule has 0 aliphatic carbocycles. The standard InChI is InChI=1S/C15H13BrF2O/c16-14-8-12(17)6-5-10(14)7-11(9-19)13-3-1-2-4-15(13)18/h1-6,8,11,19H,7,9H2. The van der Waals surface area contributed by atoms with Gasteiger partial charge in [0.1, 0.15) is 11.6 Å². The van der Waals surface area contributed by atoms with Crippen LogP contribution < -0.4 is 0 Å². The van der Waals surface area contributed by atoms with E-state index in [0.717, 1.165) is 5.56 Å². The van der Waals surface area contributed by atoms with Crippen LogP contribution in [-0.2, 0) is 6.42 Å². The maximum absolute atomic E-state index is 13.7. The van der Waals surface area contributed by atoms with Gasteiger partial charge in [-0.25, -0.2) is 8.78 Å². The van der Waals surface area contributed by atoms with Crippen molar-refractivity contribution in [2.24, 2.45) is 0 Å². The molecule has 1 unspecified atom stereocenters. The zero-order valence-electron chi connectivity index (χ0n) is 10.1. The smallest absolute Gasteiger partial charge is 0.126 e. The fraction of sp³-hybridized carbons (Fsp3) is 0.200. The first-order valence-corrected chi connectivity index (χ1v) is 6.70. The molecule has 0 bridgehead atoms. The predicted molar refractivity (Wildman–Crippen MR) is 74.0 cm³/mol. The van der Waals surface area contributed by atoms with Crippen molar-refractivity contribution in [3.63, 3.8) is 0 Å². The molecular formula is C15H13BrF2O. The molecule has 19 heavy (non-hydrogen) atoms. The first kappa shape index (κ1) is 14.2. The van der Waals surface area contributed by atoms with Gasteiger partial charge in [-0.15, -0.1) is 0 Å². The lowest BCUT2D eigenvalue weighted by Gasteiger charge is -2.16. The van der Waals surface area contributed by atoms with Gasteiger partial charge in [-0.2, -0.15) is 0 Å². The van der Waals surface area contributed by atoms with E-state index in [1.165, 1.54) is 18.2 Å². The average Bonchev–Trinajstić information content (AvgIpc) is 2.39. The Hall–Kier alpha value is -1.26. The molecule has 1 atom stereocenters. The summed E-state index contributed by atoms with van der Waals surface area (Å²) < 4.78 is 27.4. The molecule has 2 rings (SSSR count). The lowest BCUT2D eigenvalue weighted by atomic mass is 9.92. The number of benzene rings is 2. The Balaban J connectivity index is 2.27. The number of halogens is 3. The minimum absolute atomic E-state index is 0.162. The Morgan fingerprint density at radius 2 is 1.84 bits per heavy atom. The normalized spacial score (nSPS) is 12.4. The average molecular weight is 327 g/mol. The van der Waals surface area contributed by atoms with E-state index in [1.54, 1.807) is 24.3 Å². The number of hydrogen-bond donors (Lipinski definition) is 1. The SMILES string of the molecule is OCC(Cc1ccc(F)cc1Br)c1ccccc1F. The first-order chi connectivity index (χ1) is 9.11. The maximum atomic E-state index is 13.7. The van der Waals surface area contributed by atoms with E-state index in [4.69, 9.17) is 0 Å². The Morgan fingerprint density at radius 3 is 2.47 bits per heavy atom. The van der Waals surface area contributed by atoms with Crippen LogP contribution in [-0.4, -0.2) is 11.7 Å². The minimum atomic E-state index is -0.344. The number of aliphatic hydroxyl groups is 1. The summed E-state index contributed by atoms with van der Waals surface area (Å²) in [5, 5.41) is 9.45. The third-order valence-electron chi connectivity index (χ3n) is 3.05. The predicted octanol–water partition coefficient (Wildman–Crippen LogP) is 4.05. The second-order valence-corrected chi connectivity index (χ2v) is 5.20. The molecule has 1 nitrogen and oxygen atoms in total. The highest BCUT2D eigenvalue weighted by molar-refractivity contribution is 9.10. The first-order valence-electron chi connectivity index (χ1n) is 5.91. The zero-order chi connectivity index (χ0) is 13.8. The molecule has 0 aliphatic rings. The molecule has 0 saturated heterocycles. The molecule has 100 valence electrons. The molecule has 2 aromatic carbocycles. The number of rotatable bonds is 4. The summed E-state index contributed by atoms with van der Waals surface area (Å²) in [6, 6.07) is 10.7. The molecule has 0 aliphatic heterocycles. The summed E-state index contributed by atoms with van der Waals surface area (Å²) in [7, 11) is 0. The number of hydrogen-bond acceptors (Lipinski definition) is 1. The van der Waals surface area contributed by atoms with Crippen LogP contribution in [0.3, 0.4) is 0 Å². The van der Waals surface area contributed by atoms with Gasteiger partial charge < -0.3 is 5.11 Å². The molecule has 2 aromatic rings. The van der Waals surface area contributed by atoms with Gasteiger partial charge in [-0.1, -0.05) is 40.2 Å². The van der Waals surface area contributed by atoms with Crippen LogP contribution in [0.2, 0.25) is 0 Å². The van der Waals surface area contributed by atoms with Crippen LogP contribution in [0.25, 0.3) is 0 Å². The van der Waals surface area contributed by atoms with Gasteiger partial charge in [0.05, 0.1) is 6.61 Å². The van der Waals surface area contributed by atoms with Crippen LogP contribution in [0.5, 0.6) is 0 Å². The number of aliphatic hydroxyl groups excluding tert-OH is 1. The van der Waals surface area contributed by atoms with Crippen molar-refractivity contribution in [2.75, 3.05) is 6.61 Å². The van der Waals surface area contributed by atoms with Crippen molar-refractivity contribution in [1.82, 2.24) is 0 Å². The van der Waals surface area contributed by atoms with E-state index in [0.29, 0.717) is 16.5 Å². The lowest BCUT2D eigenvalue weighted by Crippen LogP contribution is -2.10. The van der Waals surface area contributed by atoms with Crippen LogP contribution >= 0.6 is 15.9 Å². The third-order valence-corrected chi connectivity index (χ3v) is 3.79. The van der Waals surface area contributed by atoms with E-state index in [2.05, 4.69) is 15.9 Å². The van der Waals surface area contributed by atoms with Crippen molar-refractivity contribution in [1.29, 1.82) is 0 Å². The van der Waals surface area contributed by atoms with Gasteiger partial charge >= 0.3 is 0 Å². The quantitative estimate of drug-likeness (QED) is 0.898. The molecule has 0 aromatic heterocycles. The van der Waals surface area contributed by atoms with Crippen LogP contribution in [0, 0.1) is 11.6 Å². The highest BCUT2D eigenvalue weighted by Crippen LogP contribution is 2.27. The summed E-state index contributed by atoms with van der Waals surface area (Å²) >= 11 is 3.28. The second kappa shape index (κ2) is 6.26. The topological polar surface area (TPSA) is 20.2 Å². The lowest BCUT2D eigenvalue weighted by molar-refractivity contribution is 0.261. The molecule has 1 N–H and O–H groups in total. The van der Waals surface area contributed by atoms with E-state index < -0.39 is 0 Å². The van der Waals surface area contributed by atoms with Gasteiger partial charge in [-0.3, -0.25) is 0 Å². The summed E-state index contributed by atoms with van der Waals surface area (Å²) in [5.74, 6) is -1.01. The fourth-order valence-corrected chi connectivity index (χ4v) is 2.54. The Bertz CT molecular complexity index is 572. The van der Waals surface area contributed by atoms with Crippen LogP contribution in [0.1, 0.15) is 17.0 Å². The molecule has 0 saturated carbocycles. The van der Waals surface area contributed by atoms with Crippen molar-refractivity contribution in [2.45, 2.75) is 12.3 Å². The Kier molecular flexibility index (Phi) is 4.66. The van der Waals surface area contributed by atoms with Crippen molar-refractivity contribution < 1.29 is 13.9 Å². The zero-order valence-corrected chi connectivity index (χ0v) is 11.7. The summed E-state index contributed by atoms with van der Waals surface area (Å²) in [5.41, 5.74) is 1.31. The van der Waals surface area contributed by atoms with Gasteiger partial charge in [0, 0.05) is 10.4 Å². The van der Waals surface area contributed by atoms with Crippen LogP contribution in [0.4, 0.5) is 8.78 Å². The van der Waals surface area contributed by atoms with Gasteiger partial charge in [0.25, 0.3) is 0 Å². The Labute approximate surface area is 119 Å². The molecule has 0 radical (unpaired) electrons. The molecule has 0 heterocycles. The summed E-state index contributed by atoms with van der Waals surface area (Å²) in [6.45, 7) is -0.162. The largest absolute Gasteiger partial charge is 0.396 e. The Morgan fingerprint density at radius 1 is 1.11 bits per heavy atom. The van der Waals surface area contributed by atoms with Crippen molar-refractivity contribution in [3.8, 4) is 0 Å². The van der Waals surface area contributed by atoms with E-state index >= 15 is 0 Å². The fourth-order valence-electron chi connectivity index (χ4n) is 2.03. The maximum Gasteiger partial charge on any atom is 0.126 e. The van der Waals surface area contributed by atoms with Gasteiger partial charge in [0.2, 0.25) is 0 Å². The molecule has 0 spiro atoms. The highest BCUT2D eigenvalue weighted by Gasteiger charge is 2.16. The molecule has 0 amide bonds. The molecule has 4 heteroatoms. The minimum Gasteiger partial charge on any atom is -0.396 e. The van der Waals surface area contributed by atoms with Gasteiger partial charge in [-0.05, 0) is 35.7 Å². The summed E-state index contributed by atoms with van der Waals surface area (Å²) in [4.78, 5) is 0. The van der Waals surface area contributed by atoms with Crippen LogP contribution in [0.15, 0.2) is 46.9 Å². The summed E-state index contributed by atoms with van der Waals surface area (Å²) in [6.07, 6.45) is 0.443. The van der Waals surface area contributed by atoms with Gasteiger partial charge in [0.15, 0.2) is 0 Å². The van der Waals surface area contributed by atoms with Crippen molar-refractivity contribution in [3.05, 3.63) is 69.7 Å². The highest BCUT2D eigenvalue weighted by atomic mass is 79.9. The molecule has 0 fully saturated rings. The van der Waals surface area contributed by atoms with E-state index in [-0.39, 0.29) is 24.2 Å². The van der Waals surface area contributed by atoms with Crippen molar-refractivity contribution >= 4 is 15.9 Å². The second-order valence-electron chi connectivity index (χ2n) is 4.34. The van der Waals surface area contributed by atoms with E-state index in [9.17, 15) is 13.9 Å². The molecular weight excluding hydrogens is 314 g/mol. The monoisotopic (exact) mass is 326 g/mol. The third kappa shape index (κ3) is 3.39. The van der Waals surface area contributed by atoms with E-state index in [1.807, 2.05) is 0 Å².